The molecule has 0 fully saturated rings. The fraction of sp³-hybridized carbons (Fsp3) is 0.300. The van der Waals surface area contributed by atoms with Crippen molar-refractivity contribution in [2.45, 2.75) is 13.3 Å². The molecule has 0 amide bonds. The van der Waals surface area contributed by atoms with Gasteiger partial charge in [0.2, 0.25) is 0 Å². The molecule has 4 nitrogen and oxygen atoms in total. The van der Waals surface area contributed by atoms with Gasteiger partial charge in [-0.2, -0.15) is 0 Å². The predicted octanol–water partition coefficient (Wildman–Crippen LogP) is 2.71. The number of rotatable bonds is 4. The average Bonchev–Trinajstić information content (AvgIpc) is 2.17. The number of nitro benzene ring substituents is 1. The first-order chi connectivity index (χ1) is 7.07. The molecule has 1 rings (SSSR count). The van der Waals surface area contributed by atoms with Crippen LogP contribution in [-0.2, 0) is 0 Å². The first-order valence-corrected chi connectivity index (χ1v) is 4.94. The highest BCUT2D eigenvalue weighted by Gasteiger charge is 2.21. The number of carbonyl (C=O) groups is 1. The van der Waals surface area contributed by atoms with E-state index in [1.54, 1.807) is 19.1 Å². The van der Waals surface area contributed by atoms with Crippen LogP contribution in [0.15, 0.2) is 18.2 Å². The maximum absolute atomic E-state index is 11.6. The Bertz CT molecular complexity index is 404. The number of Topliss-reactive ketones (excluding diaryl/α,β-unsaturated/α-hetero) is 1. The van der Waals surface area contributed by atoms with E-state index in [1.807, 2.05) is 0 Å². The largest absolute Gasteiger partial charge is 0.294 e. The molecular weight excluding hydrogens is 218 g/mol. The van der Waals surface area contributed by atoms with Crippen molar-refractivity contribution in [2.75, 3.05) is 5.88 Å². The Morgan fingerprint density at radius 3 is 2.73 bits per heavy atom. The molecule has 0 radical (unpaired) electrons. The summed E-state index contributed by atoms with van der Waals surface area (Å²) in [5, 5.41) is 10.7. The number of ketones is 1. The van der Waals surface area contributed by atoms with Gasteiger partial charge in [-0.05, 0) is 12.5 Å². The second-order valence-electron chi connectivity index (χ2n) is 3.09. The van der Waals surface area contributed by atoms with E-state index < -0.39 is 4.92 Å². The Balaban J connectivity index is 3.24. The lowest BCUT2D eigenvalue weighted by molar-refractivity contribution is -0.385. The Labute approximate surface area is 92.0 Å². The zero-order chi connectivity index (χ0) is 11.4. The standard InChI is InChI=1S/C10H10ClNO3/c1-7-3-2-4-8(12(14)15)10(7)9(13)5-6-11/h2-4H,5-6H2,1H3. The number of halogens is 1. The highest BCUT2D eigenvalue weighted by Crippen LogP contribution is 2.23. The van der Waals surface area contributed by atoms with Crippen molar-refractivity contribution >= 4 is 23.1 Å². The zero-order valence-corrected chi connectivity index (χ0v) is 8.95. The molecule has 0 saturated heterocycles. The van der Waals surface area contributed by atoms with Crippen LogP contribution in [0.5, 0.6) is 0 Å². The van der Waals surface area contributed by atoms with Crippen LogP contribution in [0.25, 0.3) is 0 Å². The molecular formula is C10H10ClNO3. The highest BCUT2D eigenvalue weighted by molar-refractivity contribution is 6.19. The number of nitro groups is 1. The molecule has 15 heavy (non-hydrogen) atoms. The minimum Gasteiger partial charge on any atom is -0.294 e. The van der Waals surface area contributed by atoms with Crippen molar-refractivity contribution in [2.24, 2.45) is 0 Å². The lowest BCUT2D eigenvalue weighted by Gasteiger charge is -2.04. The lowest BCUT2D eigenvalue weighted by Crippen LogP contribution is -2.06. The van der Waals surface area contributed by atoms with E-state index in [-0.39, 0.29) is 29.3 Å². The van der Waals surface area contributed by atoms with Gasteiger partial charge in [-0.1, -0.05) is 12.1 Å². The molecule has 0 spiro atoms. The third-order valence-electron chi connectivity index (χ3n) is 2.05. The molecule has 0 aliphatic heterocycles. The van der Waals surface area contributed by atoms with Gasteiger partial charge in [0.1, 0.15) is 0 Å². The summed E-state index contributed by atoms with van der Waals surface area (Å²) in [6.45, 7) is 1.68. The first-order valence-electron chi connectivity index (χ1n) is 4.41. The number of hydrogen-bond donors (Lipinski definition) is 0. The topological polar surface area (TPSA) is 60.2 Å². The van der Waals surface area contributed by atoms with E-state index in [0.717, 1.165) is 0 Å². The number of carbonyl (C=O) groups excluding carboxylic acids is 1. The number of aryl methyl sites for hydroxylation is 1. The molecule has 0 atom stereocenters. The minimum absolute atomic E-state index is 0.118. The minimum atomic E-state index is -0.547. The number of benzene rings is 1. The lowest BCUT2D eigenvalue weighted by atomic mass is 10.0. The van der Waals surface area contributed by atoms with Crippen LogP contribution in [0.1, 0.15) is 22.3 Å². The van der Waals surface area contributed by atoms with E-state index in [1.165, 1.54) is 6.07 Å². The van der Waals surface area contributed by atoms with Gasteiger partial charge >= 0.3 is 0 Å². The summed E-state index contributed by atoms with van der Waals surface area (Å²) in [6.07, 6.45) is 0.118. The normalized spacial score (nSPS) is 10.0. The molecule has 5 heteroatoms. The van der Waals surface area contributed by atoms with Crippen molar-refractivity contribution in [3.63, 3.8) is 0 Å². The van der Waals surface area contributed by atoms with Crippen molar-refractivity contribution in [1.82, 2.24) is 0 Å². The van der Waals surface area contributed by atoms with Gasteiger partial charge in [0.05, 0.1) is 10.5 Å². The summed E-state index contributed by atoms with van der Waals surface area (Å²) in [7, 11) is 0. The Hall–Kier alpha value is -1.42. The summed E-state index contributed by atoms with van der Waals surface area (Å²) < 4.78 is 0. The second-order valence-corrected chi connectivity index (χ2v) is 3.47. The van der Waals surface area contributed by atoms with Crippen LogP contribution in [0.3, 0.4) is 0 Å². The molecule has 0 N–H and O–H groups in total. The summed E-state index contributed by atoms with van der Waals surface area (Å²) >= 11 is 5.44. The number of alkyl halides is 1. The SMILES string of the molecule is Cc1cccc([N+](=O)[O-])c1C(=O)CCCl. The van der Waals surface area contributed by atoms with Gasteiger partial charge in [0.15, 0.2) is 5.78 Å². The molecule has 0 unspecified atom stereocenters. The van der Waals surface area contributed by atoms with E-state index in [2.05, 4.69) is 0 Å². The molecule has 0 aliphatic rings. The van der Waals surface area contributed by atoms with Crippen molar-refractivity contribution < 1.29 is 9.72 Å². The van der Waals surface area contributed by atoms with Crippen molar-refractivity contribution in [3.8, 4) is 0 Å². The van der Waals surface area contributed by atoms with Gasteiger partial charge in [-0.3, -0.25) is 14.9 Å². The quantitative estimate of drug-likeness (QED) is 0.344. The van der Waals surface area contributed by atoms with Crippen LogP contribution in [-0.4, -0.2) is 16.6 Å². The van der Waals surface area contributed by atoms with E-state index in [0.29, 0.717) is 5.56 Å². The highest BCUT2D eigenvalue weighted by atomic mass is 35.5. The summed E-state index contributed by atoms with van der Waals surface area (Å²) in [6, 6.07) is 4.56. The monoisotopic (exact) mass is 227 g/mol. The van der Waals surface area contributed by atoms with Crippen LogP contribution < -0.4 is 0 Å². The van der Waals surface area contributed by atoms with E-state index in [4.69, 9.17) is 11.6 Å². The molecule has 0 bridgehead atoms. The third-order valence-corrected chi connectivity index (χ3v) is 2.24. The van der Waals surface area contributed by atoms with E-state index >= 15 is 0 Å². The average molecular weight is 228 g/mol. The van der Waals surface area contributed by atoms with Crippen molar-refractivity contribution in [1.29, 1.82) is 0 Å². The fourth-order valence-electron chi connectivity index (χ4n) is 1.38. The zero-order valence-electron chi connectivity index (χ0n) is 8.20. The van der Waals surface area contributed by atoms with Crippen molar-refractivity contribution in [3.05, 3.63) is 39.4 Å². The molecule has 0 heterocycles. The van der Waals surface area contributed by atoms with Crippen LogP contribution in [0, 0.1) is 17.0 Å². The molecule has 0 aromatic heterocycles. The van der Waals surface area contributed by atoms with E-state index in [9.17, 15) is 14.9 Å². The Morgan fingerprint density at radius 1 is 1.53 bits per heavy atom. The molecule has 1 aromatic carbocycles. The third kappa shape index (κ3) is 2.53. The van der Waals surface area contributed by atoms with Gasteiger partial charge in [-0.15, -0.1) is 11.6 Å². The first kappa shape index (κ1) is 11.7. The maximum Gasteiger partial charge on any atom is 0.280 e. The Kier molecular flexibility index (Phi) is 3.80. The Morgan fingerprint density at radius 2 is 2.20 bits per heavy atom. The van der Waals surface area contributed by atoms with Crippen LogP contribution in [0.4, 0.5) is 5.69 Å². The summed E-state index contributed by atoms with van der Waals surface area (Å²) in [5.41, 5.74) is 0.632. The molecule has 0 aliphatic carbocycles. The van der Waals surface area contributed by atoms with Gasteiger partial charge in [0, 0.05) is 18.4 Å². The molecule has 1 aromatic rings. The summed E-state index contributed by atoms with van der Waals surface area (Å²) in [5.74, 6) is -0.112. The number of hydrogen-bond acceptors (Lipinski definition) is 3. The molecule has 80 valence electrons. The van der Waals surface area contributed by atoms with Gasteiger partial charge < -0.3 is 0 Å². The smallest absolute Gasteiger partial charge is 0.280 e. The molecule has 0 saturated carbocycles. The van der Waals surface area contributed by atoms with Gasteiger partial charge in [0.25, 0.3) is 5.69 Å². The number of nitrogens with zero attached hydrogens (tertiary/aromatic N) is 1. The maximum atomic E-state index is 11.6. The van der Waals surface area contributed by atoms with Gasteiger partial charge in [-0.25, -0.2) is 0 Å². The second kappa shape index (κ2) is 4.89. The predicted molar refractivity (Wildman–Crippen MR) is 57.5 cm³/mol. The summed E-state index contributed by atoms with van der Waals surface area (Å²) in [4.78, 5) is 21.8. The van der Waals surface area contributed by atoms with Crippen LogP contribution >= 0.6 is 11.6 Å². The fourth-order valence-corrected chi connectivity index (χ4v) is 1.55. The van der Waals surface area contributed by atoms with Crippen LogP contribution in [0.2, 0.25) is 0 Å².